The Morgan fingerprint density at radius 2 is 2.00 bits per heavy atom. The van der Waals surface area contributed by atoms with Crippen molar-refractivity contribution in [2.24, 2.45) is 11.5 Å². The van der Waals surface area contributed by atoms with Gasteiger partial charge < -0.3 is 22.1 Å². The number of primary amides is 1. The van der Waals surface area contributed by atoms with Crippen molar-refractivity contribution >= 4 is 23.4 Å². The lowest BCUT2D eigenvalue weighted by Crippen LogP contribution is -2.22. The number of rotatable bonds is 8. The number of anilines is 3. The highest BCUT2D eigenvalue weighted by atomic mass is 16.1. The summed E-state index contributed by atoms with van der Waals surface area (Å²) < 4.78 is 0. The molecule has 0 atom stereocenters. The van der Waals surface area contributed by atoms with Crippen LogP contribution < -0.4 is 22.1 Å². The highest BCUT2D eigenvalue weighted by Gasteiger charge is 2.36. The zero-order valence-corrected chi connectivity index (χ0v) is 14.4. The average Bonchev–Trinajstić information content (AvgIpc) is 3.31. The van der Waals surface area contributed by atoms with Gasteiger partial charge >= 0.3 is 0 Å². The van der Waals surface area contributed by atoms with Gasteiger partial charge in [-0.05, 0) is 44.7 Å². The van der Waals surface area contributed by atoms with Crippen LogP contribution in [0.5, 0.6) is 0 Å². The summed E-state index contributed by atoms with van der Waals surface area (Å²) in [6.07, 6.45) is 5.62. The van der Waals surface area contributed by atoms with Gasteiger partial charge in [0.25, 0.3) is 5.91 Å². The molecule has 3 rings (SSSR count). The molecule has 1 amide bonds. The van der Waals surface area contributed by atoms with Crippen molar-refractivity contribution in [1.82, 2.24) is 9.97 Å². The van der Waals surface area contributed by atoms with Crippen LogP contribution in [-0.4, -0.2) is 28.0 Å². The van der Waals surface area contributed by atoms with Crippen LogP contribution in [0, 0.1) is 6.92 Å². The van der Waals surface area contributed by atoms with E-state index >= 15 is 0 Å². The molecule has 7 heteroatoms. The molecule has 0 radical (unpaired) electrons. The number of benzene rings is 1. The fraction of sp³-hybridized carbons (Fsp3) is 0.389. The quantitative estimate of drug-likeness (QED) is 0.548. The molecule has 1 saturated carbocycles. The zero-order chi connectivity index (χ0) is 17.9. The number of amides is 1. The average molecular weight is 340 g/mol. The van der Waals surface area contributed by atoms with Crippen LogP contribution in [-0.2, 0) is 0 Å². The lowest BCUT2D eigenvalue weighted by Gasteiger charge is -2.12. The summed E-state index contributed by atoms with van der Waals surface area (Å²) in [5.74, 6) is 0.285. The van der Waals surface area contributed by atoms with Crippen LogP contribution in [0.25, 0.3) is 0 Å². The van der Waals surface area contributed by atoms with Crippen LogP contribution in [0.4, 0.5) is 17.5 Å². The van der Waals surface area contributed by atoms with Gasteiger partial charge in [0, 0.05) is 24.0 Å². The Bertz CT molecular complexity index is 755. The van der Waals surface area contributed by atoms with E-state index in [0.717, 1.165) is 43.5 Å². The van der Waals surface area contributed by atoms with Gasteiger partial charge in [-0.25, -0.2) is 4.98 Å². The predicted molar refractivity (Wildman–Crippen MR) is 98.9 cm³/mol. The van der Waals surface area contributed by atoms with E-state index < -0.39 is 5.91 Å². The maximum atomic E-state index is 11.6. The van der Waals surface area contributed by atoms with Gasteiger partial charge in [0.15, 0.2) is 0 Å². The summed E-state index contributed by atoms with van der Waals surface area (Å²) in [4.78, 5) is 20.2. The van der Waals surface area contributed by atoms with Crippen LogP contribution in [0.15, 0.2) is 30.5 Å². The van der Waals surface area contributed by atoms with Crippen molar-refractivity contribution in [3.8, 4) is 0 Å². The standard InChI is InChI=1S/C18H24N6O/c1-12-3-5-13(6-4-12)23-16-14(15(19)25)11-22-17(24-16)21-10-2-7-18(20)8-9-18/h3-6,11H,2,7-10,20H2,1H3,(H2,19,25)(H2,21,22,23,24). The Morgan fingerprint density at radius 1 is 1.28 bits per heavy atom. The van der Waals surface area contributed by atoms with E-state index in [9.17, 15) is 4.79 Å². The molecule has 132 valence electrons. The van der Waals surface area contributed by atoms with Crippen molar-refractivity contribution < 1.29 is 4.79 Å². The SMILES string of the molecule is Cc1ccc(Nc2nc(NCCCC3(N)CC3)ncc2C(N)=O)cc1. The minimum absolute atomic E-state index is 0.0521. The molecule has 1 aliphatic rings. The molecular formula is C18H24N6O. The normalized spacial score (nSPS) is 14.8. The number of hydrogen-bond acceptors (Lipinski definition) is 6. The molecule has 0 unspecified atom stereocenters. The Balaban J connectivity index is 1.67. The second-order valence-electron chi connectivity index (χ2n) is 6.70. The third-order valence-electron chi connectivity index (χ3n) is 4.40. The minimum Gasteiger partial charge on any atom is -0.365 e. The number of carbonyl (C=O) groups excluding carboxylic acids is 1. The summed E-state index contributed by atoms with van der Waals surface area (Å²) in [5, 5.41) is 6.31. The second kappa shape index (κ2) is 7.06. The fourth-order valence-electron chi connectivity index (χ4n) is 2.57. The van der Waals surface area contributed by atoms with Crippen LogP contribution in [0.2, 0.25) is 0 Å². The zero-order valence-electron chi connectivity index (χ0n) is 14.4. The van der Waals surface area contributed by atoms with E-state index in [2.05, 4.69) is 20.6 Å². The lowest BCUT2D eigenvalue weighted by molar-refractivity contribution is 0.100. The molecule has 1 aromatic heterocycles. The monoisotopic (exact) mass is 340 g/mol. The topological polar surface area (TPSA) is 119 Å². The van der Waals surface area contributed by atoms with Crippen molar-refractivity contribution in [2.75, 3.05) is 17.2 Å². The molecule has 6 N–H and O–H groups in total. The molecule has 7 nitrogen and oxygen atoms in total. The Hall–Kier alpha value is -2.67. The number of nitrogens with two attached hydrogens (primary N) is 2. The van der Waals surface area contributed by atoms with Gasteiger partial charge in [-0.1, -0.05) is 17.7 Å². The molecule has 0 aliphatic heterocycles. The fourth-order valence-corrected chi connectivity index (χ4v) is 2.57. The molecule has 0 saturated heterocycles. The Labute approximate surface area is 147 Å². The number of carbonyl (C=O) groups is 1. The number of aryl methyl sites for hydroxylation is 1. The molecule has 2 aromatic rings. The molecule has 1 aliphatic carbocycles. The molecular weight excluding hydrogens is 316 g/mol. The summed E-state index contributed by atoms with van der Waals surface area (Å²) >= 11 is 0. The maximum absolute atomic E-state index is 11.6. The summed E-state index contributed by atoms with van der Waals surface area (Å²) in [6, 6.07) is 7.80. The van der Waals surface area contributed by atoms with E-state index in [1.807, 2.05) is 31.2 Å². The molecule has 1 fully saturated rings. The summed E-state index contributed by atoms with van der Waals surface area (Å²) in [6.45, 7) is 2.75. The number of hydrogen-bond donors (Lipinski definition) is 4. The van der Waals surface area contributed by atoms with E-state index in [0.29, 0.717) is 11.8 Å². The number of nitrogens with zero attached hydrogens (tertiary/aromatic N) is 2. The van der Waals surface area contributed by atoms with E-state index in [1.54, 1.807) is 0 Å². The predicted octanol–water partition coefficient (Wildman–Crippen LogP) is 2.31. The van der Waals surface area contributed by atoms with Gasteiger partial charge in [-0.2, -0.15) is 4.98 Å². The van der Waals surface area contributed by atoms with Gasteiger partial charge in [0.05, 0.1) is 0 Å². The van der Waals surface area contributed by atoms with Gasteiger partial charge in [-0.15, -0.1) is 0 Å². The molecule has 25 heavy (non-hydrogen) atoms. The third-order valence-corrected chi connectivity index (χ3v) is 4.40. The first kappa shape index (κ1) is 17.2. The first-order valence-corrected chi connectivity index (χ1v) is 8.48. The molecule has 0 spiro atoms. The van der Waals surface area contributed by atoms with E-state index in [4.69, 9.17) is 11.5 Å². The lowest BCUT2D eigenvalue weighted by atomic mass is 10.1. The van der Waals surface area contributed by atoms with Gasteiger partial charge in [0.2, 0.25) is 5.95 Å². The van der Waals surface area contributed by atoms with Crippen LogP contribution in [0.1, 0.15) is 41.6 Å². The number of nitrogens with one attached hydrogen (secondary N) is 2. The van der Waals surface area contributed by atoms with Crippen molar-refractivity contribution in [1.29, 1.82) is 0 Å². The van der Waals surface area contributed by atoms with Gasteiger partial charge in [-0.3, -0.25) is 4.79 Å². The highest BCUT2D eigenvalue weighted by molar-refractivity contribution is 5.98. The highest BCUT2D eigenvalue weighted by Crippen LogP contribution is 2.36. The van der Waals surface area contributed by atoms with E-state index in [-0.39, 0.29) is 11.1 Å². The van der Waals surface area contributed by atoms with E-state index in [1.165, 1.54) is 6.20 Å². The van der Waals surface area contributed by atoms with Crippen molar-refractivity contribution in [2.45, 2.75) is 38.1 Å². The largest absolute Gasteiger partial charge is 0.365 e. The van der Waals surface area contributed by atoms with Crippen LogP contribution in [0.3, 0.4) is 0 Å². The number of aromatic nitrogens is 2. The van der Waals surface area contributed by atoms with Crippen molar-refractivity contribution in [3.63, 3.8) is 0 Å². The molecule has 1 heterocycles. The summed E-state index contributed by atoms with van der Waals surface area (Å²) in [5.41, 5.74) is 13.8. The first-order chi connectivity index (χ1) is 12.0. The second-order valence-corrected chi connectivity index (χ2v) is 6.70. The molecule has 0 bridgehead atoms. The first-order valence-electron chi connectivity index (χ1n) is 8.48. The van der Waals surface area contributed by atoms with Crippen molar-refractivity contribution in [3.05, 3.63) is 41.6 Å². The minimum atomic E-state index is -0.569. The van der Waals surface area contributed by atoms with Gasteiger partial charge in [0.1, 0.15) is 11.4 Å². The summed E-state index contributed by atoms with van der Waals surface area (Å²) in [7, 11) is 0. The Kier molecular flexibility index (Phi) is 4.85. The third kappa shape index (κ3) is 4.67. The maximum Gasteiger partial charge on any atom is 0.254 e. The smallest absolute Gasteiger partial charge is 0.254 e. The van der Waals surface area contributed by atoms with Crippen LogP contribution >= 0.6 is 0 Å². The molecule has 1 aromatic carbocycles. The Morgan fingerprint density at radius 3 is 2.64 bits per heavy atom.